The van der Waals surface area contributed by atoms with E-state index in [0.29, 0.717) is 22.2 Å². The van der Waals surface area contributed by atoms with Crippen molar-refractivity contribution in [2.24, 2.45) is 0 Å². The smallest absolute Gasteiger partial charge is 0.370 e. The molecule has 0 bridgehead atoms. The zero-order valence-corrected chi connectivity index (χ0v) is 11.9. The Morgan fingerprint density at radius 2 is 2.05 bits per heavy atom. The number of fused-ring (bicyclic) bond motifs is 1. The van der Waals surface area contributed by atoms with E-state index in [1.165, 1.54) is 0 Å². The van der Waals surface area contributed by atoms with Crippen molar-refractivity contribution in [3.8, 4) is 0 Å². The highest BCUT2D eigenvalue weighted by Gasteiger charge is 2.27. The van der Waals surface area contributed by atoms with E-state index in [4.69, 9.17) is 0 Å². The van der Waals surface area contributed by atoms with Gasteiger partial charge in [-0.1, -0.05) is 18.2 Å². The number of aryl methyl sites for hydroxylation is 1. The first kappa shape index (κ1) is 16.2. The molecule has 0 aliphatic heterocycles. The number of nitrogens with zero attached hydrogens (tertiary/aromatic N) is 1. The van der Waals surface area contributed by atoms with E-state index in [1.807, 2.05) is 6.07 Å². The van der Waals surface area contributed by atoms with Gasteiger partial charge in [-0.15, -0.1) is 0 Å². The summed E-state index contributed by atoms with van der Waals surface area (Å²) in [5, 5.41) is 3.24. The molecule has 2 rings (SSSR count). The number of para-hydroxylation sites is 1. The molecule has 0 saturated carbocycles. The quantitative estimate of drug-likeness (QED) is 0.864. The summed E-state index contributed by atoms with van der Waals surface area (Å²) in [5.74, 6) is -0.364. The van der Waals surface area contributed by atoms with Crippen LogP contribution < -0.4 is 5.32 Å². The van der Waals surface area contributed by atoms with Gasteiger partial charge in [0, 0.05) is 17.6 Å². The first-order chi connectivity index (χ1) is 10.4. The minimum atomic E-state index is -4.36. The van der Waals surface area contributed by atoms with Gasteiger partial charge in [-0.2, -0.15) is 13.2 Å². The molecule has 0 aliphatic rings. The highest BCUT2D eigenvalue weighted by Crippen LogP contribution is 2.18. The summed E-state index contributed by atoms with van der Waals surface area (Å²) >= 11 is 0. The summed E-state index contributed by atoms with van der Waals surface area (Å²) in [4.78, 5) is 16.5. The topological polar surface area (TPSA) is 51.2 Å². The average molecular weight is 312 g/mol. The molecule has 0 unspecified atom stereocenters. The Balaban J connectivity index is 1.98. The molecule has 4 nitrogen and oxygen atoms in total. The SMILES string of the molecule is Cc1cc(C(=O)NCCOCC(F)(F)F)c2ccccc2n1. The van der Waals surface area contributed by atoms with Crippen LogP contribution in [0, 0.1) is 6.92 Å². The van der Waals surface area contributed by atoms with Crippen molar-refractivity contribution in [2.45, 2.75) is 13.1 Å². The molecule has 0 spiro atoms. The molecule has 1 heterocycles. The van der Waals surface area contributed by atoms with Crippen molar-refractivity contribution in [1.29, 1.82) is 0 Å². The van der Waals surface area contributed by atoms with Crippen LogP contribution in [-0.2, 0) is 4.74 Å². The number of benzene rings is 1. The molecule has 0 fully saturated rings. The average Bonchev–Trinajstić information content (AvgIpc) is 2.44. The summed E-state index contributed by atoms with van der Waals surface area (Å²) < 4.78 is 40.2. The van der Waals surface area contributed by atoms with Gasteiger partial charge < -0.3 is 10.1 Å². The largest absolute Gasteiger partial charge is 0.411 e. The number of halogens is 3. The van der Waals surface area contributed by atoms with E-state index in [1.54, 1.807) is 31.2 Å². The van der Waals surface area contributed by atoms with E-state index in [-0.39, 0.29) is 19.1 Å². The van der Waals surface area contributed by atoms with Gasteiger partial charge in [-0.05, 0) is 19.1 Å². The van der Waals surface area contributed by atoms with Crippen molar-refractivity contribution in [1.82, 2.24) is 10.3 Å². The molecule has 0 radical (unpaired) electrons. The Morgan fingerprint density at radius 1 is 1.32 bits per heavy atom. The standard InChI is InChI=1S/C15H15F3N2O2/c1-10-8-12(11-4-2-3-5-13(11)20-10)14(21)19-6-7-22-9-15(16,17)18/h2-5,8H,6-7,9H2,1H3,(H,19,21). The fourth-order valence-corrected chi connectivity index (χ4v) is 2.02. The highest BCUT2D eigenvalue weighted by molar-refractivity contribution is 6.06. The Kier molecular flexibility index (Phi) is 4.97. The lowest BCUT2D eigenvalue weighted by molar-refractivity contribution is -0.173. The van der Waals surface area contributed by atoms with Gasteiger partial charge in [-0.3, -0.25) is 9.78 Å². The van der Waals surface area contributed by atoms with E-state index in [9.17, 15) is 18.0 Å². The second-order valence-corrected chi connectivity index (χ2v) is 4.75. The van der Waals surface area contributed by atoms with Crippen LogP contribution in [0.5, 0.6) is 0 Å². The fourth-order valence-electron chi connectivity index (χ4n) is 2.02. The molecule has 1 N–H and O–H groups in total. The van der Waals surface area contributed by atoms with Crippen LogP contribution in [0.2, 0.25) is 0 Å². The van der Waals surface area contributed by atoms with Gasteiger partial charge >= 0.3 is 6.18 Å². The Morgan fingerprint density at radius 3 is 2.77 bits per heavy atom. The molecule has 7 heteroatoms. The summed E-state index contributed by atoms with van der Waals surface area (Å²) in [7, 11) is 0. The van der Waals surface area contributed by atoms with Crippen LogP contribution in [0.4, 0.5) is 13.2 Å². The molecule has 0 saturated heterocycles. The van der Waals surface area contributed by atoms with Crippen molar-refractivity contribution in [3.05, 3.63) is 41.6 Å². The van der Waals surface area contributed by atoms with E-state index < -0.39 is 12.8 Å². The maximum Gasteiger partial charge on any atom is 0.411 e. The number of ether oxygens (including phenoxy) is 1. The predicted octanol–water partition coefficient (Wildman–Crippen LogP) is 2.85. The number of rotatable bonds is 5. The van der Waals surface area contributed by atoms with E-state index in [2.05, 4.69) is 15.0 Å². The monoisotopic (exact) mass is 312 g/mol. The Labute approximate surface area is 125 Å². The van der Waals surface area contributed by atoms with Crippen LogP contribution in [0.25, 0.3) is 10.9 Å². The summed E-state index contributed by atoms with van der Waals surface area (Å²) in [6.07, 6.45) is -4.36. The molecule has 1 aromatic carbocycles. The Bertz CT molecular complexity index is 671. The zero-order chi connectivity index (χ0) is 16.2. The number of carbonyl (C=O) groups excluding carboxylic acids is 1. The molecule has 118 valence electrons. The van der Waals surface area contributed by atoms with Crippen LogP contribution >= 0.6 is 0 Å². The summed E-state index contributed by atoms with van der Waals surface area (Å²) in [6.45, 7) is 0.258. The maximum absolute atomic E-state index is 12.2. The first-order valence-corrected chi connectivity index (χ1v) is 6.66. The third-order valence-corrected chi connectivity index (χ3v) is 2.89. The Hall–Kier alpha value is -2.15. The maximum atomic E-state index is 12.2. The zero-order valence-electron chi connectivity index (χ0n) is 11.9. The van der Waals surface area contributed by atoms with Crippen molar-refractivity contribution in [3.63, 3.8) is 0 Å². The van der Waals surface area contributed by atoms with Gasteiger partial charge in [0.1, 0.15) is 6.61 Å². The normalized spacial score (nSPS) is 11.6. The lowest BCUT2D eigenvalue weighted by atomic mass is 10.1. The molecule has 0 atom stereocenters. The first-order valence-electron chi connectivity index (χ1n) is 6.66. The molecular formula is C15H15F3N2O2. The van der Waals surface area contributed by atoms with Crippen molar-refractivity contribution >= 4 is 16.8 Å². The van der Waals surface area contributed by atoms with Gasteiger partial charge in [0.2, 0.25) is 0 Å². The molecule has 0 aliphatic carbocycles. The number of amides is 1. The summed E-state index contributed by atoms with van der Waals surface area (Å²) in [6, 6.07) is 8.83. The molecule has 2 aromatic rings. The second-order valence-electron chi connectivity index (χ2n) is 4.75. The number of nitrogens with one attached hydrogen (secondary N) is 1. The minimum Gasteiger partial charge on any atom is -0.370 e. The number of pyridine rings is 1. The number of alkyl halides is 3. The van der Waals surface area contributed by atoms with Crippen molar-refractivity contribution < 1.29 is 22.7 Å². The minimum absolute atomic E-state index is 0.00457. The lowest BCUT2D eigenvalue weighted by Gasteiger charge is -2.10. The van der Waals surface area contributed by atoms with Gasteiger partial charge in [0.05, 0.1) is 17.7 Å². The van der Waals surface area contributed by atoms with Crippen LogP contribution in [0.1, 0.15) is 16.1 Å². The van der Waals surface area contributed by atoms with Crippen LogP contribution in [0.15, 0.2) is 30.3 Å². The summed E-state index contributed by atoms with van der Waals surface area (Å²) in [5.41, 5.74) is 1.83. The third kappa shape index (κ3) is 4.42. The van der Waals surface area contributed by atoms with Crippen molar-refractivity contribution in [2.75, 3.05) is 19.8 Å². The fraction of sp³-hybridized carbons (Fsp3) is 0.333. The number of aromatic nitrogens is 1. The van der Waals surface area contributed by atoms with Gasteiger partial charge in [-0.25, -0.2) is 0 Å². The van der Waals surface area contributed by atoms with Crippen LogP contribution in [0.3, 0.4) is 0 Å². The van der Waals surface area contributed by atoms with E-state index in [0.717, 1.165) is 0 Å². The number of hydrogen-bond donors (Lipinski definition) is 1. The third-order valence-electron chi connectivity index (χ3n) is 2.89. The lowest BCUT2D eigenvalue weighted by Crippen LogP contribution is -2.29. The van der Waals surface area contributed by atoms with Gasteiger partial charge in [0.15, 0.2) is 0 Å². The number of carbonyl (C=O) groups is 1. The molecule has 1 aromatic heterocycles. The second kappa shape index (κ2) is 6.74. The van der Waals surface area contributed by atoms with Crippen LogP contribution in [-0.4, -0.2) is 36.8 Å². The van der Waals surface area contributed by atoms with Gasteiger partial charge in [0.25, 0.3) is 5.91 Å². The number of hydrogen-bond acceptors (Lipinski definition) is 3. The molecule has 22 heavy (non-hydrogen) atoms. The molecule has 1 amide bonds. The van der Waals surface area contributed by atoms with E-state index >= 15 is 0 Å². The molecular weight excluding hydrogens is 297 g/mol. The highest BCUT2D eigenvalue weighted by atomic mass is 19.4. The predicted molar refractivity (Wildman–Crippen MR) is 75.7 cm³/mol.